The van der Waals surface area contributed by atoms with Gasteiger partial charge in [-0.15, -0.1) is 0 Å². The molecule has 2 aliphatic carbocycles. The minimum absolute atomic E-state index is 0.467. The molecule has 0 heterocycles. The molecule has 0 radical (unpaired) electrons. The summed E-state index contributed by atoms with van der Waals surface area (Å²) < 4.78 is 10.8. The van der Waals surface area contributed by atoms with Gasteiger partial charge in [0.25, 0.3) is 0 Å². The molecular weight excluding hydrogens is 180 g/mol. The third kappa shape index (κ3) is 3.23. The van der Waals surface area contributed by atoms with Crippen LogP contribution in [0.2, 0.25) is 0 Å². The van der Waals surface area contributed by atoms with E-state index < -0.39 is 5.60 Å². The average Bonchev–Trinajstić information content (AvgIpc) is 3.02. The first-order chi connectivity index (χ1) is 6.62. The lowest BCUT2D eigenvalue weighted by Crippen LogP contribution is -2.19. The van der Waals surface area contributed by atoms with Gasteiger partial charge in [-0.3, -0.25) is 0 Å². The standard InChI is InChI=1S/C11H20O3/c1-10(2-3-10)8-13-6-7-14-9-11(12)4-5-11/h12H,2-9H2,1H3. The molecule has 0 atom stereocenters. The first kappa shape index (κ1) is 10.4. The van der Waals surface area contributed by atoms with Crippen molar-refractivity contribution in [3.8, 4) is 0 Å². The minimum atomic E-state index is -0.484. The predicted molar refractivity (Wildman–Crippen MR) is 53.2 cm³/mol. The maximum Gasteiger partial charge on any atom is 0.0882 e. The minimum Gasteiger partial charge on any atom is -0.387 e. The van der Waals surface area contributed by atoms with Crippen LogP contribution < -0.4 is 0 Å². The first-order valence-corrected chi connectivity index (χ1v) is 5.50. The van der Waals surface area contributed by atoms with Crippen LogP contribution in [0, 0.1) is 5.41 Å². The summed E-state index contributed by atoms with van der Waals surface area (Å²) in [4.78, 5) is 0. The topological polar surface area (TPSA) is 38.7 Å². The number of rotatable bonds is 7. The van der Waals surface area contributed by atoms with Crippen LogP contribution in [0.25, 0.3) is 0 Å². The van der Waals surface area contributed by atoms with Crippen molar-refractivity contribution in [3.05, 3.63) is 0 Å². The average molecular weight is 200 g/mol. The predicted octanol–water partition coefficient (Wildman–Crippen LogP) is 1.34. The van der Waals surface area contributed by atoms with Gasteiger partial charge in [0.2, 0.25) is 0 Å². The fourth-order valence-corrected chi connectivity index (χ4v) is 1.34. The molecule has 0 aromatic rings. The Morgan fingerprint density at radius 3 is 2.07 bits per heavy atom. The summed E-state index contributed by atoms with van der Waals surface area (Å²) in [5.41, 5.74) is -0.0167. The van der Waals surface area contributed by atoms with E-state index in [9.17, 15) is 5.11 Å². The SMILES string of the molecule is CC1(COCCOCC2(O)CC2)CC1. The normalized spacial score (nSPS) is 26.1. The van der Waals surface area contributed by atoms with Gasteiger partial charge in [-0.1, -0.05) is 6.92 Å². The second kappa shape index (κ2) is 3.80. The highest BCUT2D eigenvalue weighted by atomic mass is 16.5. The van der Waals surface area contributed by atoms with Crippen LogP contribution in [0.3, 0.4) is 0 Å². The highest BCUT2D eigenvalue weighted by Gasteiger charge is 2.40. The Balaban J connectivity index is 1.40. The fraction of sp³-hybridized carbons (Fsp3) is 1.00. The van der Waals surface area contributed by atoms with Crippen LogP contribution in [0.5, 0.6) is 0 Å². The molecule has 3 heteroatoms. The number of hydrogen-bond donors (Lipinski definition) is 1. The van der Waals surface area contributed by atoms with Gasteiger partial charge in [0.15, 0.2) is 0 Å². The second-order valence-corrected chi connectivity index (χ2v) is 5.14. The highest BCUT2D eigenvalue weighted by Crippen LogP contribution is 2.44. The molecule has 2 aliphatic rings. The van der Waals surface area contributed by atoms with E-state index >= 15 is 0 Å². The fourth-order valence-electron chi connectivity index (χ4n) is 1.34. The zero-order valence-electron chi connectivity index (χ0n) is 8.92. The Morgan fingerprint density at radius 2 is 1.57 bits per heavy atom. The van der Waals surface area contributed by atoms with Gasteiger partial charge in [-0.05, 0) is 31.1 Å². The van der Waals surface area contributed by atoms with Crippen LogP contribution in [-0.4, -0.2) is 37.1 Å². The largest absolute Gasteiger partial charge is 0.387 e. The third-order valence-electron chi connectivity index (χ3n) is 3.12. The van der Waals surface area contributed by atoms with Gasteiger partial charge < -0.3 is 14.6 Å². The van der Waals surface area contributed by atoms with E-state index in [0.29, 0.717) is 25.2 Å². The van der Waals surface area contributed by atoms with Crippen molar-refractivity contribution in [1.29, 1.82) is 0 Å². The van der Waals surface area contributed by atoms with Crippen molar-refractivity contribution in [2.45, 2.75) is 38.2 Å². The van der Waals surface area contributed by atoms with Crippen molar-refractivity contribution in [1.82, 2.24) is 0 Å². The second-order valence-electron chi connectivity index (χ2n) is 5.14. The van der Waals surface area contributed by atoms with E-state index in [1.165, 1.54) is 12.8 Å². The van der Waals surface area contributed by atoms with E-state index in [-0.39, 0.29) is 0 Å². The van der Waals surface area contributed by atoms with Crippen molar-refractivity contribution in [2.24, 2.45) is 5.41 Å². The molecule has 0 saturated heterocycles. The molecule has 0 amide bonds. The van der Waals surface area contributed by atoms with Crippen molar-refractivity contribution < 1.29 is 14.6 Å². The van der Waals surface area contributed by atoms with Crippen molar-refractivity contribution in [3.63, 3.8) is 0 Å². The number of ether oxygens (including phenoxy) is 2. The Labute approximate surface area is 85.4 Å². The van der Waals surface area contributed by atoms with Gasteiger partial charge in [0.05, 0.1) is 32.0 Å². The maximum atomic E-state index is 9.46. The van der Waals surface area contributed by atoms with Crippen LogP contribution in [0.15, 0.2) is 0 Å². The molecule has 82 valence electrons. The lowest BCUT2D eigenvalue weighted by Gasteiger charge is -2.11. The quantitative estimate of drug-likeness (QED) is 0.630. The number of hydrogen-bond acceptors (Lipinski definition) is 3. The molecule has 0 aromatic carbocycles. The van der Waals surface area contributed by atoms with Gasteiger partial charge in [0.1, 0.15) is 0 Å². The van der Waals surface area contributed by atoms with Crippen LogP contribution in [-0.2, 0) is 9.47 Å². The summed E-state index contributed by atoms with van der Waals surface area (Å²) in [5.74, 6) is 0. The van der Waals surface area contributed by atoms with Gasteiger partial charge >= 0.3 is 0 Å². The number of aliphatic hydroxyl groups is 1. The van der Waals surface area contributed by atoms with Gasteiger partial charge in [0, 0.05) is 0 Å². The smallest absolute Gasteiger partial charge is 0.0882 e. The van der Waals surface area contributed by atoms with E-state index in [4.69, 9.17) is 9.47 Å². The lowest BCUT2D eigenvalue weighted by molar-refractivity contribution is -0.0127. The Kier molecular flexibility index (Phi) is 2.82. The summed E-state index contributed by atoms with van der Waals surface area (Å²) in [7, 11) is 0. The molecule has 2 fully saturated rings. The Morgan fingerprint density at radius 1 is 1.00 bits per heavy atom. The zero-order valence-corrected chi connectivity index (χ0v) is 8.92. The highest BCUT2D eigenvalue weighted by molar-refractivity contribution is 4.93. The summed E-state index contributed by atoms with van der Waals surface area (Å²) in [5, 5.41) is 9.46. The molecule has 1 N–H and O–H groups in total. The molecule has 0 unspecified atom stereocenters. The molecule has 14 heavy (non-hydrogen) atoms. The third-order valence-corrected chi connectivity index (χ3v) is 3.12. The Hall–Kier alpha value is -0.120. The van der Waals surface area contributed by atoms with Gasteiger partial charge in [-0.25, -0.2) is 0 Å². The monoisotopic (exact) mass is 200 g/mol. The van der Waals surface area contributed by atoms with E-state index in [1.807, 2.05) is 0 Å². The van der Waals surface area contributed by atoms with E-state index in [1.54, 1.807) is 0 Å². The summed E-state index contributed by atoms with van der Waals surface area (Å²) in [6.07, 6.45) is 4.39. The molecule has 0 aromatic heterocycles. The lowest BCUT2D eigenvalue weighted by atomic mass is 10.2. The first-order valence-electron chi connectivity index (χ1n) is 5.50. The maximum absolute atomic E-state index is 9.46. The van der Waals surface area contributed by atoms with E-state index in [2.05, 4.69) is 6.92 Å². The van der Waals surface area contributed by atoms with Crippen LogP contribution in [0.4, 0.5) is 0 Å². The van der Waals surface area contributed by atoms with Crippen LogP contribution in [0.1, 0.15) is 32.6 Å². The van der Waals surface area contributed by atoms with Crippen molar-refractivity contribution >= 4 is 0 Å². The zero-order chi connectivity index (χ0) is 10.1. The summed E-state index contributed by atoms with van der Waals surface area (Å²) in [6.45, 7) is 4.86. The molecule has 2 rings (SSSR count). The van der Waals surface area contributed by atoms with Crippen molar-refractivity contribution in [2.75, 3.05) is 26.4 Å². The molecular formula is C11H20O3. The molecule has 0 spiro atoms. The van der Waals surface area contributed by atoms with Gasteiger partial charge in [-0.2, -0.15) is 0 Å². The summed E-state index contributed by atoms with van der Waals surface area (Å²) in [6, 6.07) is 0. The molecule has 0 aliphatic heterocycles. The van der Waals surface area contributed by atoms with E-state index in [0.717, 1.165) is 19.4 Å². The summed E-state index contributed by atoms with van der Waals surface area (Å²) >= 11 is 0. The van der Waals surface area contributed by atoms with Crippen LogP contribution >= 0.6 is 0 Å². The molecule has 3 nitrogen and oxygen atoms in total. The molecule has 2 saturated carbocycles. The Bertz CT molecular complexity index is 173. The molecule has 0 bridgehead atoms.